The number of carboxylic acids is 1. The summed E-state index contributed by atoms with van der Waals surface area (Å²) in [5.41, 5.74) is -2.21. The van der Waals surface area contributed by atoms with Gasteiger partial charge in [-0.15, -0.1) is 0 Å². The number of non-ortho nitro benzene ring substituents is 1. The number of carboxylic acid groups (broad SMARTS) is 1. The first kappa shape index (κ1) is 22.3. The molecule has 2 aromatic carbocycles. The number of nitro groups is 2. The zero-order chi connectivity index (χ0) is 22.6. The number of hydrogen-bond donors (Lipinski definition) is 2. The summed E-state index contributed by atoms with van der Waals surface area (Å²) in [5, 5.41) is 34.7. The number of hydrogen-bond acceptors (Lipinski definition) is 7. The van der Waals surface area contributed by atoms with E-state index in [2.05, 4.69) is 5.32 Å². The van der Waals surface area contributed by atoms with E-state index in [-0.39, 0.29) is 16.8 Å². The third-order valence-electron chi connectivity index (χ3n) is 3.89. The van der Waals surface area contributed by atoms with Crippen LogP contribution in [0, 0.1) is 20.2 Å². The number of nitro benzene ring substituents is 2. The number of para-hydroxylation sites is 1. The molecule has 2 N–H and O–H groups in total. The predicted molar refractivity (Wildman–Crippen MR) is 106 cm³/mol. The molecule has 158 valence electrons. The van der Waals surface area contributed by atoms with Crippen LogP contribution in [0.25, 0.3) is 0 Å². The highest BCUT2D eigenvalue weighted by Gasteiger charge is 2.33. The first-order chi connectivity index (χ1) is 13.9. The van der Waals surface area contributed by atoms with E-state index in [1.165, 1.54) is 18.2 Å². The maximum atomic E-state index is 12.1. The van der Waals surface area contributed by atoms with Crippen LogP contribution in [0.4, 0.5) is 21.9 Å². The van der Waals surface area contributed by atoms with Crippen molar-refractivity contribution in [3.05, 3.63) is 73.8 Å². The number of nitrogens with one attached hydrogen (secondary N) is 1. The first-order valence-corrected chi connectivity index (χ1v) is 8.65. The van der Waals surface area contributed by atoms with Gasteiger partial charge in [0.2, 0.25) is 0 Å². The van der Waals surface area contributed by atoms with E-state index in [0.29, 0.717) is 6.07 Å². The van der Waals surface area contributed by atoms with Gasteiger partial charge in [-0.05, 0) is 38.5 Å². The summed E-state index contributed by atoms with van der Waals surface area (Å²) in [6, 6.07) is 8.57. The van der Waals surface area contributed by atoms with Crippen molar-refractivity contribution in [3.8, 4) is 0 Å². The van der Waals surface area contributed by atoms with Crippen LogP contribution in [0.5, 0.6) is 0 Å². The van der Waals surface area contributed by atoms with E-state index in [0.717, 1.165) is 12.1 Å². The second-order valence-electron chi connectivity index (χ2n) is 7.24. The zero-order valence-electron chi connectivity index (χ0n) is 16.3. The Hall–Kier alpha value is -4.02. The second kappa shape index (κ2) is 8.55. The van der Waals surface area contributed by atoms with Crippen LogP contribution in [-0.4, -0.2) is 32.6 Å². The highest BCUT2D eigenvalue weighted by atomic mass is 16.6. The molecule has 0 fully saturated rings. The number of ether oxygens (including phenoxy) is 1. The highest BCUT2D eigenvalue weighted by molar-refractivity contribution is 5.90. The standard InChI is InChI=1S/C19H19N3O8/c1-19(2,3)30-18(25)20-14-7-5-4-6-12(14)16(17(23)24)13-9-8-11(21(26)27)10-15(13)22(28)29/h4-10,16H,1-3H3,(H,20,25)(H,23,24). The van der Waals surface area contributed by atoms with Crippen molar-refractivity contribution in [3.63, 3.8) is 0 Å². The molecular formula is C19H19N3O8. The Morgan fingerprint density at radius 3 is 2.20 bits per heavy atom. The SMILES string of the molecule is CC(C)(C)OC(=O)Nc1ccccc1C(C(=O)O)c1ccc([N+](=O)[O-])cc1[N+](=O)[O-]. The Morgan fingerprint density at radius 2 is 1.67 bits per heavy atom. The molecule has 11 nitrogen and oxygen atoms in total. The van der Waals surface area contributed by atoms with Crippen LogP contribution < -0.4 is 5.32 Å². The van der Waals surface area contributed by atoms with Crippen molar-refractivity contribution in [1.82, 2.24) is 0 Å². The van der Waals surface area contributed by atoms with Gasteiger partial charge in [0.05, 0.1) is 15.9 Å². The fourth-order valence-corrected chi connectivity index (χ4v) is 2.76. The van der Waals surface area contributed by atoms with E-state index >= 15 is 0 Å². The van der Waals surface area contributed by atoms with Gasteiger partial charge in [-0.25, -0.2) is 4.79 Å². The largest absolute Gasteiger partial charge is 0.481 e. The van der Waals surface area contributed by atoms with Crippen molar-refractivity contribution in [2.45, 2.75) is 32.3 Å². The number of nitrogens with zero attached hydrogens (tertiary/aromatic N) is 2. The lowest BCUT2D eigenvalue weighted by molar-refractivity contribution is -0.394. The van der Waals surface area contributed by atoms with Crippen LogP contribution in [0.3, 0.4) is 0 Å². The molecule has 0 aliphatic rings. The van der Waals surface area contributed by atoms with E-state index in [4.69, 9.17) is 4.74 Å². The third-order valence-corrected chi connectivity index (χ3v) is 3.89. The van der Waals surface area contributed by atoms with E-state index < -0.39 is 44.8 Å². The molecule has 0 spiro atoms. The molecule has 0 radical (unpaired) electrons. The minimum absolute atomic E-state index is 0.0489. The number of aliphatic carboxylic acids is 1. The number of carbonyl (C=O) groups is 2. The van der Waals surface area contributed by atoms with Gasteiger partial charge in [0.1, 0.15) is 11.5 Å². The van der Waals surface area contributed by atoms with Gasteiger partial charge in [-0.3, -0.25) is 30.3 Å². The average Bonchev–Trinajstić information content (AvgIpc) is 2.61. The quantitative estimate of drug-likeness (QED) is 0.525. The Labute approximate surface area is 170 Å². The Kier molecular flexibility index (Phi) is 6.35. The second-order valence-corrected chi connectivity index (χ2v) is 7.24. The molecule has 1 atom stereocenters. The maximum Gasteiger partial charge on any atom is 0.412 e. The predicted octanol–water partition coefficient (Wildman–Crippen LogP) is 4.07. The summed E-state index contributed by atoms with van der Waals surface area (Å²) in [7, 11) is 0. The molecular weight excluding hydrogens is 398 g/mol. The molecule has 0 saturated carbocycles. The minimum Gasteiger partial charge on any atom is -0.481 e. The summed E-state index contributed by atoms with van der Waals surface area (Å²) in [6.07, 6.45) is -0.836. The maximum absolute atomic E-state index is 12.1. The van der Waals surface area contributed by atoms with Crippen LogP contribution >= 0.6 is 0 Å². The summed E-state index contributed by atoms with van der Waals surface area (Å²) in [6.45, 7) is 4.95. The molecule has 0 bridgehead atoms. The zero-order valence-corrected chi connectivity index (χ0v) is 16.3. The molecule has 2 rings (SSSR count). The molecule has 11 heteroatoms. The topological polar surface area (TPSA) is 162 Å². The monoisotopic (exact) mass is 417 g/mol. The van der Waals surface area contributed by atoms with Gasteiger partial charge >= 0.3 is 12.1 Å². The van der Waals surface area contributed by atoms with Crippen molar-refractivity contribution >= 4 is 29.1 Å². The number of rotatable bonds is 6. The van der Waals surface area contributed by atoms with Gasteiger partial charge in [0.25, 0.3) is 11.4 Å². The van der Waals surface area contributed by atoms with Gasteiger partial charge in [0, 0.05) is 17.3 Å². The summed E-state index contributed by atoms with van der Waals surface area (Å²) < 4.78 is 5.17. The van der Waals surface area contributed by atoms with Crippen LogP contribution in [-0.2, 0) is 9.53 Å². The number of amides is 1. The molecule has 1 amide bonds. The number of carbonyl (C=O) groups excluding carboxylic acids is 1. The van der Waals surface area contributed by atoms with Crippen LogP contribution in [0.1, 0.15) is 37.8 Å². The molecule has 0 aromatic heterocycles. The van der Waals surface area contributed by atoms with Gasteiger partial charge in [0.15, 0.2) is 0 Å². The van der Waals surface area contributed by atoms with Gasteiger partial charge in [-0.2, -0.15) is 0 Å². The highest BCUT2D eigenvalue weighted by Crippen LogP contribution is 2.37. The lowest BCUT2D eigenvalue weighted by Crippen LogP contribution is -2.28. The van der Waals surface area contributed by atoms with Crippen molar-refractivity contribution in [2.75, 3.05) is 5.32 Å². The first-order valence-electron chi connectivity index (χ1n) is 8.65. The van der Waals surface area contributed by atoms with E-state index in [9.17, 15) is 34.9 Å². The van der Waals surface area contributed by atoms with Crippen molar-refractivity contribution < 1.29 is 29.3 Å². The summed E-state index contributed by atoms with van der Waals surface area (Å²) in [5.74, 6) is -3.01. The van der Waals surface area contributed by atoms with E-state index in [1.54, 1.807) is 26.8 Å². The minimum atomic E-state index is -1.57. The summed E-state index contributed by atoms with van der Waals surface area (Å²) >= 11 is 0. The molecule has 30 heavy (non-hydrogen) atoms. The normalized spacial score (nSPS) is 12.0. The van der Waals surface area contributed by atoms with Crippen molar-refractivity contribution in [2.24, 2.45) is 0 Å². The molecule has 1 unspecified atom stereocenters. The van der Waals surface area contributed by atoms with Crippen LogP contribution in [0.2, 0.25) is 0 Å². The molecule has 0 aliphatic heterocycles. The van der Waals surface area contributed by atoms with Crippen molar-refractivity contribution in [1.29, 1.82) is 0 Å². The summed E-state index contributed by atoms with van der Waals surface area (Å²) in [4.78, 5) is 44.9. The average molecular weight is 417 g/mol. The molecule has 0 aliphatic carbocycles. The third kappa shape index (κ3) is 5.28. The Bertz CT molecular complexity index is 1010. The molecule has 0 heterocycles. The number of anilines is 1. The lowest BCUT2D eigenvalue weighted by Gasteiger charge is -2.22. The van der Waals surface area contributed by atoms with Crippen LogP contribution in [0.15, 0.2) is 42.5 Å². The lowest BCUT2D eigenvalue weighted by atomic mass is 9.88. The number of benzene rings is 2. The van der Waals surface area contributed by atoms with Gasteiger partial charge < -0.3 is 9.84 Å². The fraction of sp³-hybridized carbons (Fsp3) is 0.263. The van der Waals surface area contributed by atoms with E-state index in [1.807, 2.05) is 0 Å². The molecule has 2 aromatic rings. The molecule has 0 saturated heterocycles. The Morgan fingerprint density at radius 1 is 1.03 bits per heavy atom. The smallest absolute Gasteiger partial charge is 0.412 e. The van der Waals surface area contributed by atoms with Gasteiger partial charge in [-0.1, -0.05) is 18.2 Å². The fourth-order valence-electron chi connectivity index (χ4n) is 2.76. The Balaban J connectivity index is 2.58.